The van der Waals surface area contributed by atoms with Crippen molar-refractivity contribution in [3.8, 4) is 0 Å². The number of aryl methyl sites for hydroxylation is 2. The van der Waals surface area contributed by atoms with Crippen molar-refractivity contribution < 1.29 is 9.59 Å². The first-order valence-corrected chi connectivity index (χ1v) is 7.94. The van der Waals surface area contributed by atoms with Gasteiger partial charge in [0.25, 0.3) is 0 Å². The average molecular weight is 295 g/mol. The zero-order chi connectivity index (χ0) is 14.5. The Balaban J connectivity index is 1.67. The van der Waals surface area contributed by atoms with E-state index in [1.807, 2.05) is 19.2 Å². The van der Waals surface area contributed by atoms with Gasteiger partial charge in [0.1, 0.15) is 0 Å². The molecule has 0 aromatic carbocycles. The van der Waals surface area contributed by atoms with Crippen molar-refractivity contribution >= 4 is 23.2 Å². The first kappa shape index (κ1) is 15.0. The third-order valence-corrected chi connectivity index (χ3v) is 4.53. The molecule has 1 saturated heterocycles. The van der Waals surface area contributed by atoms with E-state index in [9.17, 15) is 9.59 Å². The SMILES string of the molecule is CCN1CC(C(=O)NCCCc2nc(C)cs2)CC1=O. The van der Waals surface area contributed by atoms with Gasteiger partial charge in [0.2, 0.25) is 11.8 Å². The predicted molar refractivity (Wildman–Crippen MR) is 78.5 cm³/mol. The molecule has 0 saturated carbocycles. The normalized spacial score (nSPS) is 18.6. The molecule has 6 heteroatoms. The molecule has 20 heavy (non-hydrogen) atoms. The summed E-state index contributed by atoms with van der Waals surface area (Å²) in [4.78, 5) is 29.7. The fourth-order valence-corrected chi connectivity index (χ4v) is 3.18. The smallest absolute Gasteiger partial charge is 0.225 e. The summed E-state index contributed by atoms with van der Waals surface area (Å²) in [5.41, 5.74) is 1.05. The van der Waals surface area contributed by atoms with Gasteiger partial charge >= 0.3 is 0 Å². The van der Waals surface area contributed by atoms with Gasteiger partial charge in [0, 0.05) is 43.5 Å². The topological polar surface area (TPSA) is 62.3 Å². The van der Waals surface area contributed by atoms with E-state index in [1.54, 1.807) is 16.2 Å². The van der Waals surface area contributed by atoms with Crippen LogP contribution in [0.15, 0.2) is 5.38 Å². The van der Waals surface area contributed by atoms with Gasteiger partial charge in [-0.05, 0) is 20.3 Å². The lowest BCUT2D eigenvalue weighted by Crippen LogP contribution is -2.33. The van der Waals surface area contributed by atoms with Gasteiger partial charge in [0.05, 0.1) is 10.9 Å². The zero-order valence-electron chi connectivity index (χ0n) is 12.0. The summed E-state index contributed by atoms with van der Waals surface area (Å²) in [6.07, 6.45) is 2.13. The number of aromatic nitrogens is 1. The van der Waals surface area contributed by atoms with Crippen LogP contribution in [0.4, 0.5) is 0 Å². The minimum Gasteiger partial charge on any atom is -0.356 e. The van der Waals surface area contributed by atoms with E-state index < -0.39 is 0 Å². The number of carbonyl (C=O) groups excluding carboxylic acids is 2. The van der Waals surface area contributed by atoms with Crippen LogP contribution < -0.4 is 5.32 Å². The van der Waals surface area contributed by atoms with E-state index in [4.69, 9.17) is 0 Å². The summed E-state index contributed by atoms with van der Waals surface area (Å²) in [5, 5.41) is 6.08. The Morgan fingerprint density at radius 2 is 2.40 bits per heavy atom. The van der Waals surface area contributed by atoms with Crippen LogP contribution in [0.2, 0.25) is 0 Å². The molecule has 0 spiro atoms. The minimum atomic E-state index is -0.176. The fourth-order valence-electron chi connectivity index (χ4n) is 2.37. The van der Waals surface area contributed by atoms with E-state index in [0.717, 1.165) is 23.5 Å². The van der Waals surface area contributed by atoms with Gasteiger partial charge in [-0.2, -0.15) is 0 Å². The maximum atomic E-state index is 12.0. The van der Waals surface area contributed by atoms with Gasteiger partial charge in [-0.3, -0.25) is 9.59 Å². The van der Waals surface area contributed by atoms with Crippen LogP contribution in [-0.2, 0) is 16.0 Å². The van der Waals surface area contributed by atoms with Crippen LogP contribution >= 0.6 is 11.3 Å². The van der Waals surface area contributed by atoms with Crippen molar-refractivity contribution in [2.75, 3.05) is 19.6 Å². The molecule has 0 radical (unpaired) electrons. The Labute approximate surface area is 123 Å². The van der Waals surface area contributed by atoms with Gasteiger partial charge in [0.15, 0.2) is 0 Å². The van der Waals surface area contributed by atoms with Crippen LogP contribution in [0.1, 0.15) is 30.5 Å². The number of hydrogen-bond donors (Lipinski definition) is 1. The molecule has 1 aromatic rings. The second kappa shape index (κ2) is 6.83. The van der Waals surface area contributed by atoms with Gasteiger partial charge in [-0.15, -0.1) is 11.3 Å². The Morgan fingerprint density at radius 1 is 1.60 bits per heavy atom. The lowest BCUT2D eigenvalue weighted by molar-refractivity contribution is -0.128. The van der Waals surface area contributed by atoms with Crippen molar-refractivity contribution in [3.63, 3.8) is 0 Å². The molecule has 1 aliphatic rings. The molecule has 2 amide bonds. The highest BCUT2D eigenvalue weighted by molar-refractivity contribution is 7.09. The monoisotopic (exact) mass is 295 g/mol. The molecule has 0 aliphatic carbocycles. The Morgan fingerprint density at radius 3 is 3.00 bits per heavy atom. The molecule has 1 unspecified atom stereocenters. The first-order chi connectivity index (χ1) is 9.60. The Hall–Kier alpha value is -1.43. The summed E-state index contributed by atoms with van der Waals surface area (Å²) in [6.45, 7) is 5.82. The molecule has 1 N–H and O–H groups in total. The number of likely N-dealkylation sites (tertiary alicyclic amines) is 1. The van der Waals surface area contributed by atoms with Crippen LogP contribution in [0.25, 0.3) is 0 Å². The molecule has 1 atom stereocenters. The number of hydrogen-bond acceptors (Lipinski definition) is 4. The van der Waals surface area contributed by atoms with E-state index in [1.165, 1.54) is 0 Å². The first-order valence-electron chi connectivity index (χ1n) is 7.06. The zero-order valence-corrected chi connectivity index (χ0v) is 12.8. The van der Waals surface area contributed by atoms with Gasteiger partial charge < -0.3 is 10.2 Å². The quantitative estimate of drug-likeness (QED) is 0.806. The third kappa shape index (κ3) is 3.79. The number of nitrogens with one attached hydrogen (secondary N) is 1. The predicted octanol–water partition coefficient (Wildman–Crippen LogP) is 1.37. The van der Waals surface area contributed by atoms with Gasteiger partial charge in [-0.25, -0.2) is 4.98 Å². The van der Waals surface area contributed by atoms with Crippen molar-refractivity contribution in [1.29, 1.82) is 0 Å². The van der Waals surface area contributed by atoms with Gasteiger partial charge in [-0.1, -0.05) is 0 Å². The maximum absolute atomic E-state index is 12.0. The second-order valence-electron chi connectivity index (χ2n) is 5.11. The average Bonchev–Trinajstić information content (AvgIpc) is 3.00. The molecule has 2 rings (SSSR count). The molecule has 2 heterocycles. The molecule has 110 valence electrons. The molecule has 1 aliphatic heterocycles. The van der Waals surface area contributed by atoms with E-state index >= 15 is 0 Å². The highest BCUT2D eigenvalue weighted by atomic mass is 32.1. The standard InChI is InChI=1S/C14H21N3O2S/c1-3-17-8-11(7-13(17)18)14(19)15-6-4-5-12-16-10(2)9-20-12/h9,11H,3-8H2,1-2H3,(H,15,19). The Bertz CT molecular complexity index is 487. The molecule has 1 aromatic heterocycles. The number of rotatable bonds is 6. The number of nitrogens with zero attached hydrogens (tertiary/aromatic N) is 2. The third-order valence-electron chi connectivity index (χ3n) is 3.50. The molecule has 0 bridgehead atoms. The van der Waals surface area contributed by atoms with Crippen molar-refractivity contribution in [2.24, 2.45) is 5.92 Å². The number of thiazole rings is 1. The largest absolute Gasteiger partial charge is 0.356 e. The van der Waals surface area contributed by atoms with E-state index in [0.29, 0.717) is 26.1 Å². The van der Waals surface area contributed by atoms with Crippen LogP contribution in [0, 0.1) is 12.8 Å². The van der Waals surface area contributed by atoms with E-state index in [2.05, 4.69) is 10.3 Å². The Kier molecular flexibility index (Phi) is 5.11. The summed E-state index contributed by atoms with van der Waals surface area (Å²) in [7, 11) is 0. The lowest BCUT2D eigenvalue weighted by Gasteiger charge is -2.13. The molecule has 5 nitrogen and oxygen atoms in total. The van der Waals surface area contributed by atoms with Crippen LogP contribution in [0.3, 0.4) is 0 Å². The molecular weight excluding hydrogens is 274 g/mol. The summed E-state index contributed by atoms with van der Waals surface area (Å²) >= 11 is 1.66. The van der Waals surface area contributed by atoms with Crippen molar-refractivity contribution in [3.05, 3.63) is 16.1 Å². The lowest BCUT2D eigenvalue weighted by atomic mass is 10.1. The maximum Gasteiger partial charge on any atom is 0.225 e. The van der Waals surface area contributed by atoms with Crippen molar-refractivity contribution in [2.45, 2.75) is 33.1 Å². The second-order valence-corrected chi connectivity index (χ2v) is 6.05. The minimum absolute atomic E-state index is 0.00428. The summed E-state index contributed by atoms with van der Waals surface area (Å²) in [6, 6.07) is 0. The fraction of sp³-hybridized carbons (Fsp3) is 0.643. The van der Waals surface area contributed by atoms with Crippen LogP contribution in [-0.4, -0.2) is 41.3 Å². The summed E-state index contributed by atoms with van der Waals surface area (Å²) < 4.78 is 0. The summed E-state index contributed by atoms with van der Waals surface area (Å²) in [5.74, 6) is -0.0833. The van der Waals surface area contributed by atoms with Crippen molar-refractivity contribution in [1.82, 2.24) is 15.2 Å². The molecule has 1 fully saturated rings. The highest BCUT2D eigenvalue weighted by Crippen LogP contribution is 2.17. The molecular formula is C14H21N3O2S. The van der Waals surface area contributed by atoms with E-state index in [-0.39, 0.29) is 17.7 Å². The number of carbonyl (C=O) groups is 2. The van der Waals surface area contributed by atoms with Crippen LogP contribution in [0.5, 0.6) is 0 Å². The number of amides is 2. The highest BCUT2D eigenvalue weighted by Gasteiger charge is 2.32.